The number of nitrogens with zero attached hydrogens (tertiary/aromatic N) is 1. The van der Waals surface area contributed by atoms with E-state index in [1.807, 2.05) is 0 Å². The van der Waals surface area contributed by atoms with Crippen LogP contribution in [0.15, 0.2) is 12.1 Å². The van der Waals surface area contributed by atoms with Gasteiger partial charge in [0.15, 0.2) is 0 Å². The van der Waals surface area contributed by atoms with E-state index in [0.29, 0.717) is 0 Å². The largest absolute Gasteiger partial charge is 0.497 e. The van der Waals surface area contributed by atoms with Gasteiger partial charge in [0.05, 0.1) is 17.1 Å². The molecule has 0 aromatic heterocycles. The van der Waals surface area contributed by atoms with Gasteiger partial charge in [-0.25, -0.2) is 8.78 Å². The van der Waals surface area contributed by atoms with E-state index in [0.717, 1.165) is 17.0 Å². The van der Waals surface area contributed by atoms with Gasteiger partial charge >= 0.3 is 13.3 Å². The quantitative estimate of drug-likeness (QED) is 0.543. The Hall–Kier alpha value is -1.68. The van der Waals surface area contributed by atoms with Crippen molar-refractivity contribution in [3.05, 3.63) is 29.3 Å². The molecule has 2 fully saturated rings. The highest BCUT2D eigenvalue weighted by molar-refractivity contribution is 6.62. The van der Waals surface area contributed by atoms with Crippen LogP contribution in [0, 0.1) is 17.6 Å². The van der Waals surface area contributed by atoms with Crippen molar-refractivity contribution < 1.29 is 36.1 Å². The molecule has 0 aliphatic carbocycles. The smallest absolute Gasteiger partial charge is 0.399 e. The predicted molar refractivity (Wildman–Crippen MR) is 96.8 cm³/mol. The first-order valence-corrected chi connectivity index (χ1v) is 9.44. The van der Waals surface area contributed by atoms with Gasteiger partial charge in [-0.2, -0.15) is 13.2 Å². The Kier molecular flexibility index (Phi) is 5.49. The molecular weight excluding hydrogens is 396 g/mol. The van der Waals surface area contributed by atoms with Crippen LogP contribution >= 0.6 is 0 Å². The molecular formula is C19H23BF5NO3. The minimum atomic E-state index is -4.47. The second-order valence-electron chi connectivity index (χ2n) is 8.55. The van der Waals surface area contributed by atoms with Crippen LogP contribution in [0.25, 0.3) is 0 Å². The SMILES string of the molecule is CC1(C)OB(c2ccc(F)c(C(=O)N3CCCC(C(F)(F)F)C3)c2F)OC1(C)C. The molecule has 0 spiro atoms. The van der Waals surface area contributed by atoms with Crippen molar-refractivity contribution in [3.8, 4) is 0 Å². The van der Waals surface area contributed by atoms with Crippen molar-refractivity contribution in [1.82, 2.24) is 4.90 Å². The Labute approximate surface area is 166 Å². The molecule has 0 saturated carbocycles. The van der Waals surface area contributed by atoms with Crippen molar-refractivity contribution in [3.63, 3.8) is 0 Å². The van der Waals surface area contributed by atoms with Gasteiger partial charge < -0.3 is 14.2 Å². The first kappa shape index (κ1) is 22.0. The molecule has 0 N–H and O–H groups in total. The predicted octanol–water partition coefficient (Wildman–Crippen LogP) is 3.68. The third-order valence-corrected chi connectivity index (χ3v) is 6.01. The second-order valence-corrected chi connectivity index (χ2v) is 8.55. The van der Waals surface area contributed by atoms with Crippen molar-refractivity contribution in [1.29, 1.82) is 0 Å². The molecule has 1 unspecified atom stereocenters. The standard InChI is InChI=1S/C19H23BF5NO3/c1-17(2)18(3,4)29-20(28-17)12-7-8-13(21)14(15(12)22)16(27)26-9-5-6-11(10-26)19(23,24)25/h7-8,11H,5-6,9-10H2,1-4H3. The highest BCUT2D eigenvalue weighted by Gasteiger charge is 2.53. The van der Waals surface area contributed by atoms with Crippen LogP contribution in [-0.2, 0) is 9.31 Å². The van der Waals surface area contributed by atoms with Crippen LogP contribution in [0.3, 0.4) is 0 Å². The van der Waals surface area contributed by atoms with Crippen LogP contribution in [0.1, 0.15) is 50.9 Å². The number of rotatable bonds is 2. The van der Waals surface area contributed by atoms with E-state index in [1.165, 1.54) is 0 Å². The summed E-state index contributed by atoms with van der Waals surface area (Å²) in [6.07, 6.45) is -4.48. The van der Waals surface area contributed by atoms with E-state index in [9.17, 15) is 22.4 Å². The van der Waals surface area contributed by atoms with Crippen molar-refractivity contribution in [2.45, 2.75) is 57.9 Å². The number of alkyl halides is 3. The summed E-state index contributed by atoms with van der Waals surface area (Å²) in [6.45, 7) is 6.40. The number of carbonyl (C=O) groups is 1. The topological polar surface area (TPSA) is 38.8 Å². The normalized spacial score (nSPS) is 24.1. The van der Waals surface area contributed by atoms with Gasteiger partial charge in [0.2, 0.25) is 0 Å². The number of piperidine rings is 1. The molecule has 1 aromatic rings. The van der Waals surface area contributed by atoms with Crippen LogP contribution in [0.4, 0.5) is 22.0 Å². The minimum Gasteiger partial charge on any atom is -0.399 e. The lowest BCUT2D eigenvalue weighted by molar-refractivity contribution is -0.184. The Balaban J connectivity index is 1.91. The molecule has 2 aliphatic heterocycles. The molecule has 2 saturated heterocycles. The third-order valence-electron chi connectivity index (χ3n) is 6.01. The van der Waals surface area contributed by atoms with Crippen molar-refractivity contribution in [2.75, 3.05) is 13.1 Å². The average Bonchev–Trinajstić information content (AvgIpc) is 2.81. The monoisotopic (exact) mass is 419 g/mol. The molecule has 2 heterocycles. The number of likely N-dealkylation sites (tertiary alicyclic amines) is 1. The molecule has 29 heavy (non-hydrogen) atoms. The van der Waals surface area contributed by atoms with Crippen molar-refractivity contribution >= 4 is 18.5 Å². The highest BCUT2D eigenvalue weighted by Crippen LogP contribution is 2.37. The summed E-state index contributed by atoms with van der Waals surface area (Å²) in [6, 6.07) is 2.03. The number of benzene rings is 1. The zero-order chi connectivity index (χ0) is 21.8. The average molecular weight is 419 g/mol. The van der Waals surface area contributed by atoms with Crippen LogP contribution in [0.5, 0.6) is 0 Å². The van der Waals surface area contributed by atoms with E-state index in [-0.39, 0.29) is 24.8 Å². The fourth-order valence-corrected chi connectivity index (χ4v) is 3.50. The first-order chi connectivity index (χ1) is 13.2. The van der Waals surface area contributed by atoms with E-state index < -0.39 is 60.1 Å². The molecule has 3 rings (SSSR count). The summed E-state index contributed by atoms with van der Waals surface area (Å²) in [5.74, 6) is -5.13. The lowest BCUT2D eigenvalue weighted by Gasteiger charge is -2.34. The van der Waals surface area contributed by atoms with E-state index in [2.05, 4.69) is 0 Å². The Morgan fingerprint density at radius 1 is 1.14 bits per heavy atom. The lowest BCUT2D eigenvalue weighted by Crippen LogP contribution is -2.46. The summed E-state index contributed by atoms with van der Waals surface area (Å²) in [5.41, 5.74) is -2.62. The maximum Gasteiger partial charge on any atom is 0.497 e. The molecule has 10 heteroatoms. The summed E-state index contributed by atoms with van der Waals surface area (Å²) in [7, 11) is -1.17. The molecule has 0 bridgehead atoms. The Morgan fingerprint density at radius 2 is 1.72 bits per heavy atom. The fraction of sp³-hybridized carbons (Fsp3) is 0.632. The molecule has 2 aliphatic rings. The number of halogens is 5. The Morgan fingerprint density at radius 3 is 2.28 bits per heavy atom. The highest BCUT2D eigenvalue weighted by atomic mass is 19.4. The number of hydrogen-bond donors (Lipinski definition) is 0. The maximum atomic E-state index is 15.2. The first-order valence-electron chi connectivity index (χ1n) is 9.44. The van der Waals surface area contributed by atoms with Crippen molar-refractivity contribution in [2.24, 2.45) is 5.92 Å². The van der Waals surface area contributed by atoms with Crippen LogP contribution in [0.2, 0.25) is 0 Å². The van der Waals surface area contributed by atoms with Gasteiger partial charge in [-0.05, 0) is 46.6 Å². The minimum absolute atomic E-state index is 0.00497. The van der Waals surface area contributed by atoms with Crippen LogP contribution < -0.4 is 5.46 Å². The van der Waals surface area contributed by atoms with Crippen LogP contribution in [-0.4, -0.2) is 48.4 Å². The zero-order valence-electron chi connectivity index (χ0n) is 16.7. The van der Waals surface area contributed by atoms with Gasteiger partial charge in [-0.15, -0.1) is 0 Å². The summed E-state index contributed by atoms with van der Waals surface area (Å²) < 4.78 is 80.1. The molecule has 160 valence electrons. The zero-order valence-corrected chi connectivity index (χ0v) is 16.7. The van der Waals surface area contributed by atoms with Gasteiger partial charge in [-0.3, -0.25) is 4.79 Å². The molecule has 4 nitrogen and oxygen atoms in total. The number of hydrogen-bond acceptors (Lipinski definition) is 3. The van der Waals surface area contributed by atoms with Gasteiger partial charge in [0.1, 0.15) is 17.2 Å². The van der Waals surface area contributed by atoms with Gasteiger partial charge in [0, 0.05) is 18.6 Å². The van der Waals surface area contributed by atoms with E-state index >= 15 is 4.39 Å². The molecule has 1 aromatic carbocycles. The van der Waals surface area contributed by atoms with E-state index in [4.69, 9.17) is 9.31 Å². The molecule has 1 atom stereocenters. The van der Waals surface area contributed by atoms with Gasteiger partial charge in [0.25, 0.3) is 5.91 Å². The third kappa shape index (κ3) is 4.01. The summed E-state index contributed by atoms with van der Waals surface area (Å²) in [4.78, 5) is 13.6. The summed E-state index contributed by atoms with van der Waals surface area (Å²) >= 11 is 0. The number of carbonyl (C=O) groups excluding carboxylic acids is 1. The number of amides is 1. The lowest BCUT2D eigenvalue weighted by atomic mass is 9.77. The molecule has 1 amide bonds. The van der Waals surface area contributed by atoms with E-state index in [1.54, 1.807) is 27.7 Å². The Bertz CT molecular complexity index is 796. The summed E-state index contributed by atoms with van der Waals surface area (Å²) in [5, 5.41) is 0. The van der Waals surface area contributed by atoms with Gasteiger partial charge in [-0.1, -0.05) is 6.07 Å². The maximum absolute atomic E-state index is 15.2. The molecule has 0 radical (unpaired) electrons. The second kappa shape index (κ2) is 7.23. The fourth-order valence-electron chi connectivity index (χ4n) is 3.50.